The van der Waals surface area contributed by atoms with Crippen molar-refractivity contribution in [2.24, 2.45) is 0 Å². The van der Waals surface area contributed by atoms with E-state index in [4.69, 9.17) is 5.73 Å². The van der Waals surface area contributed by atoms with Gasteiger partial charge in [0.1, 0.15) is 0 Å². The number of likely N-dealkylation sites (N-methyl/N-ethyl adjacent to an activating group) is 1. The van der Waals surface area contributed by atoms with Crippen LogP contribution in [0.5, 0.6) is 0 Å². The number of nitrogens with two attached hydrogens (primary N) is 1. The molecule has 1 rings (SSSR count). The number of nitrogens with zero attached hydrogens (tertiary/aromatic N) is 1. The fraction of sp³-hybridized carbons (Fsp3) is 0.467. The number of amides is 2. The van der Waals surface area contributed by atoms with Crippen LogP contribution in [-0.4, -0.2) is 38.5 Å². The van der Waals surface area contributed by atoms with E-state index >= 15 is 0 Å². The maximum Gasteiger partial charge on any atom is 0.253 e. The van der Waals surface area contributed by atoms with Crippen molar-refractivity contribution in [1.82, 2.24) is 10.6 Å². The van der Waals surface area contributed by atoms with Crippen molar-refractivity contribution in [3.05, 3.63) is 23.8 Å². The van der Waals surface area contributed by atoms with Crippen molar-refractivity contribution in [3.8, 4) is 0 Å². The monoisotopic (exact) mass is 292 g/mol. The zero-order valence-electron chi connectivity index (χ0n) is 12.9. The number of benzene rings is 1. The largest absolute Gasteiger partial charge is 0.399 e. The topological polar surface area (TPSA) is 87.5 Å². The molecule has 1 aromatic rings. The highest BCUT2D eigenvalue weighted by atomic mass is 16.2. The van der Waals surface area contributed by atoms with Crippen LogP contribution >= 0.6 is 0 Å². The predicted octanol–water partition coefficient (Wildman–Crippen LogP) is 0.981. The van der Waals surface area contributed by atoms with Crippen LogP contribution in [0.4, 0.5) is 11.4 Å². The Hall–Kier alpha value is -2.24. The van der Waals surface area contributed by atoms with Crippen molar-refractivity contribution in [2.45, 2.75) is 20.3 Å². The fourth-order valence-corrected chi connectivity index (χ4v) is 1.93. The molecule has 0 saturated heterocycles. The lowest BCUT2D eigenvalue weighted by Crippen LogP contribution is -2.36. The molecule has 21 heavy (non-hydrogen) atoms. The molecule has 0 aromatic heterocycles. The van der Waals surface area contributed by atoms with Crippen LogP contribution in [0.25, 0.3) is 0 Å². The Labute approximate surface area is 125 Å². The van der Waals surface area contributed by atoms with Gasteiger partial charge in [-0.1, -0.05) is 6.92 Å². The minimum absolute atomic E-state index is 0.0800. The van der Waals surface area contributed by atoms with Crippen molar-refractivity contribution in [3.63, 3.8) is 0 Å². The molecule has 0 spiro atoms. The third kappa shape index (κ3) is 4.98. The summed E-state index contributed by atoms with van der Waals surface area (Å²) in [5, 5.41) is 5.57. The molecule has 0 aliphatic carbocycles. The van der Waals surface area contributed by atoms with E-state index in [-0.39, 0.29) is 18.4 Å². The summed E-state index contributed by atoms with van der Waals surface area (Å²) in [6, 6.07) is 5.06. The summed E-state index contributed by atoms with van der Waals surface area (Å²) in [6.45, 7) is 5.22. The number of nitrogen functional groups attached to an aromatic ring is 1. The van der Waals surface area contributed by atoms with Gasteiger partial charge in [0.25, 0.3) is 5.91 Å². The second-order valence-corrected chi connectivity index (χ2v) is 4.84. The Morgan fingerprint density at radius 1 is 1.24 bits per heavy atom. The second-order valence-electron chi connectivity index (χ2n) is 4.84. The normalized spacial score (nSPS) is 10.0. The van der Waals surface area contributed by atoms with Gasteiger partial charge in [-0.15, -0.1) is 0 Å². The van der Waals surface area contributed by atoms with E-state index in [1.807, 2.05) is 13.8 Å². The molecule has 0 aliphatic heterocycles. The predicted molar refractivity (Wildman–Crippen MR) is 85.4 cm³/mol. The fourth-order valence-electron chi connectivity index (χ4n) is 1.93. The summed E-state index contributed by atoms with van der Waals surface area (Å²) in [6.07, 6.45) is 0.887. The average Bonchev–Trinajstić information content (AvgIpc) is 2.45. The summed E-state index contributed by atoms with van der Waals surface area (Å²) in [4.78, 5) is 25.6. The Bertz CT molecular complexity index is 502. The summed E-state index contributed by atoms with van der Waals surface area (Å²) in [5.41, 5.74) is 7.50. The molecule has 116 valence electrons. The molecule has 0 unspecified atom stereocenters. The molecule has 2 amide bonds. The van der Waals surface area contributed by atoms with Gasteiger partial charge in [0, 0.05) is 25.8 Å². The molecule has 0 saturated carbocycles. The number of hydrogen-bond acceptors (Lipinski definition) is 4. The molecule has 0 bridgehead atoms. The Morgan fingerprint density at radius 2 is 1.95 bits per heavy atom. The zero-order chi connectivity index (χ0) is 15.8. The first-order chi connectivity index (χ1) is 9.99. The quantitative estimate of drug-likeness (QED) is 0.654. The molecule has 4 N–H and O–H groups in total. The average molecular weight is 292 g/mol. The molecule has 0 aliphatic rings. The van der Waals surface area contributed by atoms with Gasteiger partial charge in [0.2, 0.25) is 5.91 Å². The molecule has 1 aromatic carbocycles. The van der Waals surface area contributed by atoms with Gasteiger partial charge in [0.05, 0.1) is 17.8 Å². The minimum Gasteiger partial charge on any atom is -0.399 e. The molecule has 0 radical (unpaired) electrons. The van der Waals surface area contributed by atoms with Crippen molar-refractivity contribution in [1.29, 1.82) is 0 Å². The highest BCUT2D eigenvalue weighted by Crippen LogP contribution is 2.22. The standard InChI is InChI=1S/C15H24N4O2/c1-4-8-18-14(20)10-19(3)13-9-11(16)6-7-12(13)15(21)17-5-2/h6-7,9H,4-5,8,10,16H2,1-3H3,(H,17,21)(H,18,20). The molecule has 6 heteroatoms. The molecule has 0 heterocycles. The summed E-state index contributed by atoms with van der Waals surface area (Å²) >= 11 is 0. The minimum atomic E-state index is -0.173. The van der Waals surface area contributed by atoms with Crippen LogP contribution in [0, 0.1) is 0 Å². The Morgan fingerprint density at radius 3 is 2.57 bits per heavy atom. The van der Waals surface area contributed by atoms with E-state index in [2.05, 4.69) is 10.6 Å². The smallest absolute Gasteiger partial charge is 0.253 e. The Balaban J connectivity index is 2.91. The second kappa shape index (κ2) is 8.14. The number of nitrogens with one attached hydrogen (secondary N) is 2. The summed E-state index contributed by atoms with van der Waals surface area (Å²) < 4.78 is 0. The number of hydrogen-bond donors (Lipinski definition) is 3. The lowest BCUT2D eigenvalue weighted by atomic mass is 10.1. The molecule has 0 atom stereocenters. The number of carbonyl (C=O) groups excluding carboxylic acids is 2. The Kier molecular flexibility index (Phi) is 6.52. The lowest BCUT2D eigenvalue weighted by molar-refractivity contribution is -0.119. The van der Waals surface area contributed by atoms with Crippen molar-refractivity contribution >= 4 is 23.2 Å². The van der Waals surface area contributed by atoms with Crippen molar-refractivity contribution < 1.29 is 9.59 Å². The molecular weight excluding hydrogens is 268 g/mol. The van der Waals surface area contributed by atoms with Gasteiger partial charge >= 0.3 is 0 Å². The number of carbonyl (C=O) groups is 2. The first kappa shape index (κ1) is 16.8. The lowest BCUT2D eigenvalue weighted by Gasteiger charge is -2.22. The molecule has 6 nitrogen and oxygen atoms in total. The van der Waals surface area contributed by atoms with Crippen molar-refractivity contribution in [2.75, 3.05) is 37.3 Å². The van der Waals surface area contributed by atoms with Gasteiger partial charge in [-0.2, -0.15) is 0 Å². The summed E-state index contributed by atoms with van der Waals surface area (Å²) in [5.74, 6) is -0.253. The molecular formula is C15H24N4O2. The van der Waals surface area contributed by atoms with E-state index in [0.717, 1.165) is 6.42 Å². The maximum atomic E-state index is 12.1. The van der Waals surface area contributed by atoms with Gasteiger partial charge in [0.15, 0.2) is 0 Å². The highest BCUT2D eigenvalue weighted by Gasteiger charge is 2.16. The van der Waals surface area contributed by atoms with Crippen LogP contribution in [0.3, 0.4) is 0 Å². The van der Waals surface area contributed by atoms with Crippen LogP contribution in [0.15, 0.2) is 18.2 Å². The van der Waals surface area contributed by atoms with Crippen LogP contribution in [0.2, 0.25) is 0 Å². The third-order valence-electron chi connectivity index (χ3n) is 2.97. The maximum absolute atomic E-state index is 12.1. The number of anilines is 2. The molecule has 0 fully saturated rings. The van der Waals surface area contributed by atoms with E-state index in [1.165, 1.54) is 0 Å². The first-order valence-corrected chi connectivity index (χ1v) is 7.15. The van der Waals surface area contributed by atoms with E-state index in [9.17, 15) is 9.59 Å². The van der Waals surface area contributed by atoms with E-state index in [0.29, 0.717) is 30.0 Å². The number of rotatable bonds is 7. The van der Waals surface area contributed by atoms with E-state index in [1.54, 1.807) is 30.1 Å². The summed E-state index contributed by atoms with van der Waals surface area (Å²) in [7, 11) is 1.77. The third-order valence-corrected chi connectivity index (χ3v) is 2.97. The first-order valence-electron chi connectivity index (χ1n) is 7.15. The van der Waals surface area contributed by atoms with Gasteiger partial charge in [-0.25, -0.2) is 0 Å². The van der Waals surface area contributed by atoms with Crippen LogP contribution in [0.1, 0.15) is 30.6 Å². The SMILES string of the molecule is CCCNC(=O)CN(C)c1cc(N)ccc1C(=O)NCC. The van der Waals surface area contributed by atoms with Gasteiger partial charge in [-0.05, 0) is 31.5 Å². The van der Waals surface area contributed by atoms with Gasteiger partial charge in [-0.3, -0.25) is 9.59 Å². The van der Waals surface area contributed by atoms with Crippen LogP contribution in [-0.2, 0) is 4.79 Å². The highest BCUT2D eigenvalue weighted by molar-refractivity contribution is 6.01. The van der Waals surface area contributed by atoms with E-state index < -0.39 is 0 Å². The van der Waals surface area contributed by atoms with Gasteiger partial charge < -0.3 is 21.3 Å². The van der Waals surface area contributed by atoms with Crippen LogP contribution < -0.4 is 21.3 Å². The zero-order valence-corrected chi connectivity index (χ0v) is 12.9.